The molecule has 8 nitrogen and oxygen atoms in total. The number of carbonyl (C=O) groups excluding carboxylic acids is 2. The molecule has 0 atom stereocenters. The van der Waals surface area contributed by atoms with E-state index in [1.165, 1.54) is 0 Å². The van der Waals surface area contributed by atoms with Gasteiger partial charge in [-0.25, -0.2) is 4.98 Å². The molecule has 2 aromatic heterocycles. The number of hydrogen-bond donors (Lipinski definition) is 1. The molecule has 2 amide bonds. The number of methoxy groups -OCH3 is 1. The third kappa shape index (κ3) is 2.83. The van der Waals surface area contributed by atoms with E-state index < -0.39 is 5.54 Å². The van der Waals surface area contributed by atoms with Crippen molar-refractivity contribution >= 4 is 17.5 Å². The number of hydrogen-bond acceptors (Lipinski definition) is 5. The van der Waals surface area contributed by atoms with Gasteiger partial charge >= 0.3 is 0 Å². The second-order valence-electron chi connectivity index (χ2n) is 7.65. The highest BCUT2D eigenvalue weighted by Crippen LogP contribution is 2.46. The topological polar surface area (TPSA) is 89.3 Å². The summed E-state index contributed by atoms with van der Waals surface area (Å²) < 4.78 is 6.87. The number of amides is 2. The van der Waals surface area contributed by atoms with Gasteiger partial charge in [0.05, 0.1) is 18.5 Å². The third-order valence-electron chi connectivity index (χ3n) is 5.85. The van der Waals surface area contributed by atoms with Crippen LogP contribution < -0.4 is 10.1 Å². The molecule has 0 unspecified atom stereocenters. The van der Waals surface area contributed by atoms with Gasteiger partial charge in [0.1, 0.15) is 17.0 Å². The predicted molar refractivity (Wildman–Crippen MR) is 110 cm³/mol. The van der Waals surface area contributed by atoms with Crippen molar-refractivity contribution in [3.8, 4) is 17.1 Å². The highest BCUT2D eigenvalue weighted by Gasteiger charge is 2.58. The number of rotatable bonds is 5. The summed E-state index contributed by atoms with van der Waals surface area (Å²) in [6.45, 7) is 0.392. The molecule has 0 radical (unpaired) electrons. The normalized spacial score (nSPS) is 16.3. The summed E-state index contributed by atoms with van der Waals surface area (Å²) in [6.07, 6.45) is 2.98. The zero-order valence-electron chi connectivity index (χ0n) is 16.8. The molecule has 0 bridgehead atoms. The van der Waals surface area contributed by atoms with Gasteiger partial charge in [-0.3, -0.25) is 14.3 Å². The fourth-order valence-corrected chi connectivity index (χ4v) is 3.94. The van der Waals surface area contributed by atoms with Crippen molar-refractivity contribution in [3.63, 3.8) is 0 Å². The summed E-state index contributed by atoms with van der Waals surface area (Å²) in [6, 6.07) is 12.8. The van der Waals surface area contributed by atoms with Crippen molar-refractivity contribution in [1.29, 1.82) is 0 Å². The molecule has 30 heavy (non-hydrogen) atoms. The Morgan fingerprint density at radius 3 is 2.53 bits per heavy atom. The first-order valence-corrected chi connectivity index (χ1v) is 9.78. The number of ether oxygens (including phenoxy) is 1. The van der Waals surface area contributed by atoms with Crippen molar-refractivity contribution in [3.05, 3.63) is 59.9 Å². The Labute approximate surface area is 173 Å². The molecule has 1 aliphatic carbocycles. The number of carbonyl (C=O) groups is 2. The zero-order valence-corrected chi connectivity index (χ0v) is 16.8. The van der Waals surface area contributed by atoms with Gasteiger partial charge < -0.3 is 15.0 Å². The molecule has 1 N–H and O–H groups in total. The van der Waals surface area contributed by atoms with Gasteiger partial charge in [0.2, 0.25) is 5.91 Å². The van der Waals surface area contributed by atoms with E-state index in [-0.39, 0.29) is 11.8 Å². The van der Waals surface area contributed by atoms with E-state index in [1.54, 1.807) is 47.2 Å². The van der Waals surface area contributed by atoms with Crippen molar-refractivity contribution < 1.29 is 14.3 Å². The van der Waals surface area contributed by atoms with Gasteiger partial charge in [-0.05, 0) is 49.2 Å². The molecule has 0 saturated heterocycles. The number of aromatic nitrogens is 3. The van der Waals surface area contributed by atoms with Crippen LogP contribution in [0.3, 0.4) is 0 Å². The molecule has 1 aliphatic heterocycles. The van der Waals surface area contributed by atoms with Crippen LogP contribution in [0.5, 0.6) is 5.75 Å². The van der Waals surface area contributed by atoms with Crippen LogP contribution in [0.1, 0.15) is 28.9 Å². The molecule has 3 heterocycles. The molecule has 0 spiro atoms. The molecule has 1 fully saturated rings. The Balaban J connectivity index is 1.38. The smallest absolute Gasteiger partial charge is 0.274 e. The fraction of sp³-hybridized carbons (Fsp3) is 0.273. The van der Waals surface area contributed by atoms with Crippen LogP contribution in [-0.4, -0.2) is 44.1 Å². The van der Waals surface area contributed by atoms with Crippen molar-refractivity contribution in [2.45, 2.75) is 24.9 Å². The minimum Gasteiger partial charge on any atom is -0.497 e. The number of nitrogens with zero attached hydrogens (tertiary/aromatic N) is 4. The molecule has 3 aromatic rings. The number of anilines is 1. The van der Waals surface area contributed by atoms with Crippen LogP contribution in [-0.2, 0) is 18.4 Å². The van der Waals surface area contributed by atoms with Crippen LogP contribution in [0.15, 0.2) is 48.7 Å². The van der Waals surface area contributed by atoms with Gasteiger partial charge in [0.25, 0.3) is 5.91 Å². The Hall–Kier alpha value is -3.68. The van der Waals surface area contributed by atoms with Gasteiger partial charge in [0, 0.05) is 31.0 Å². The van der Waals surface area contributed by atoms with Crippen molar-refractivity contribution in [2.24, 2.45) is 7.05 Å². The standard InChI is InChI=1S/C22H21N5O3/c1-26-18(9-12-23-26)17-8-3-14-13-27(20(28)19(14)25-17)22(10-11-22)21(29)24-15-4-6-16(30-2)7-5-15/h3-9,12H,10-11,13H2,1-2H3,(H,24,29). The number of nitrogens with one attached hydrogen (secondary N) is 1. The Morgan fingerprint density at radius 1 is 1.13 bits per heavy atom. The summed E-state index contributed by atoms with van der Waals surface area (Å²) >= 11 is 0. The summed E-state index contributed by atoms with van der Waals surface area (Å²) in [5, 5.41) is 7.11. The predicted octanol–water partition coefficient (Wildman–Crippen LogP) is 2.62. The highest BCUT2D eigenvalue weighted by atomic mass is 16.5. The maximum Gasteiger partial charge on any atom is 0.274 e. The molecule has 152 valence electrons. The van der Waals surface area contributed by atoms with Crippen LogP contribution in [0.4, 0.5) is 5.69 Å². The fourth-order valence-electron chi connectivity index (χ4n) is 3.94. The van der Waals surface area contributed by atoms with Crippen LogP contribution in [0, 0.1) is 0 Å². The second kappa shape index (κ2) is 6.69. The second-order valence-corrected chi connectivity index (χ2v) is 7.65. The summed E-state index contributed by atoms with van der Waals surface area (Å²) in [4.78, 5) is 32.5. The number of fused-ring (bicyclic) bond motifs is 1. The van der Waals surface area contributed by atoms with E-state index >= 15 is 0 Å². The SMILES string of the molecule is COc1ccc(NC(=O)C2(N3Cc4ccc(-c5ccnn5C)nc4C3=O)CC2)cc1. The van der Waals surface area contributed by atoms with Crippen LogP contribution in [0.2, 0.25) is 0 Å². The number of pyridine rings is 1. The van der Waals surface area contributed by atoms with Crippen LogP contribution in [0.25, 0.3) is 11.4 Å². The number of benzene rings is 1. The average molecular weight is 403 g/mol. The molecule has 1 saturated carbocycles. The maximum atomic E-state index is 13.2. The summed E-state index contributed by atoms with van der Waals surface area (Å²) in [5.74, 6) is 0.353. The average Bonchev–Trinajstić information content (AvgIpc) is 3.36. The minimum atomic E-state index is -0.815. The third-order valence-corrected chi connectivity index (χ3v) is 5.85. The maximum absolute atomic E-state index is 13.2. The lowest BCUT2D eigenvalue weighted by molar-refractivity contribution is -0.122. The van der Waals surface area contributed by atoms with Gasteiger partial charge in [-0.1, -0.05) is 6.07 Å². The lowest BCUT2D eigenvalue weighted by Crippen LogP contribution is -2.46. The first-order valence-electron chi connectivity index (χ1n) is 9.78. The largest absolute Gasteiger partial charge is 0.497 e. The summed E-state index contributed by atoms with van der Waals surface area (Å²) in [5.41, 5.74) is 2.64. The quantitative estimate of drug-likeness (QED) is 0.707. The van der Waals surface area contributed by atoms with Gasteiger partial charge in [-0.15, -0.1) is 0 Å². The van der Waals surface area contributed by atoms with E-state index in [4.69, 9.17) is 4.74 Å². The van der Waals surface area contributed by atoms with Crippen molar-refractivity contribution in [1.82, 2.24) is 19.7 Å². The number of aryl methyl sites for hydroxylation is 1. The first-order chi connectivity index (χ1) is 14.5. The minimum absolute atomic E-state index is 0.166. The molecule has 5 rings (SSSR count). The lowest BCUT2D eigenvalue weighted by atomic mass is 10.2. The van der Waals surface area contributed by atoms with Crippen molar-refractivity contribution in [2.75, 3.05) is 12.4 Å². The highest BCUT2D eigenvalue weighted by molar-refractivity contribution is 6.06. The first kappa shape index (κ1) is 18.4. The molecule has 8 heteroatoms. The zero-order chi connectivity index (χ0) is 20.9. The van der Waals surface area contributed by atoms with E-state index in [0.29, 0.717) is 36.5 Å². The van der Waals surface area contributed by atoms with E-state index in [1.807, 2.05) is 25.2 Å². The molecular formula is C22H21N5O3. The van der Waals surface area contributed by atoms with E-state index in [9.17, 15) is 9.59 Å². The van der Waals surface area contributed by atoms with E-state index in [2.05, 4.69) is 15.4 Å². The Kier molecular flexibility index (Phi) is 4.09. The Bertz CT molecular complexity index is 1150. The summed E-state index contributed by atoms with van der Waals surface area (Å²) in [7, 11) is 3.43. The monoisotopic (exact) mass is 403 g/mol. The van der Waals surface area contributed by atoms with Crippen LogP contribution >= 0.6 is 0 Å². The van der Waals surface area contributed by atoms with E-state index in [0.717, 1.165) is 17.0 Å². The van der Waals surface area contributed by atoms with Gasteiger partial charge in [0.15, 0.2) is 0 Å². The molecule has 2 aliphatic rings. The molecule has 1 aromatic carbocycles. The Morgan fingerprint density at radius 2 is 1.90 bits per heavy atom. The molecular weight excluding hydrogens is 382 g/mol. The van der Waals surface area contributed by atoms with Gasteiger partial charge in [-0.2, -0.15) is 5.10 Å². The lowest BCUT2D eigenvalue weighted by Gasteiger charge is -2.26.